The molecule has 0 amide bonds. The first kappa shape index (κ1) is 14.6. The van der Waals surface area contributed by atoms with Crippen molar-refractivity contribution in [2.75, 3.05) is 5.88 Å². The number of nitrogens with two attached hydrogens (primary N) is 1. The van der Waals surface area contributed by atoms with Gasteiger partial charge in [-0.25, -0.2) is 8.78 Å². The molecule has 0 aromatic heterocycles. The van der Waals surface area contributed by atoms with Gasteiger partial charge in [-0.3, -0.25) is 0 Å². The average Bonchev–Trinajstić information content (AvgIpc) is 2.18. The standard InChI is InChI=1S/C10H12ClF2N.ClH/c11-6-9(14)5-7-1-3-8(4-2-7)10(12)13;/h1-4,9-10H,5-6,14H2;1H. The van der Waals surface area contributed by atoms with E-state index in [1.165, 1.54) is 12.1 Å². The largest absolute Gasteiger partial charge is 0.326 e. The summed E-state index contributed by atoms with van der Waals surface area (Å²) in [6.45, 7) is 0. The zero-order valence-electron chi connectivity index (χ0n) is 8.00. The second-order valence-corrected chi connectivity index (χ2v) is 3.47. The summed E-state index contributed by atoms with van der Waals surface area (Å²) in [6, 6.07) is 6.04. The van der Waals surface area contributed by atoms with E-state index in [1.54, 1.807) is 12.1 Å². The predicted molar refractivity (Wildman–Crippen MR) is 61.0 cm³/mol. The number of benzene rings is 1. The maximum Gasteiger partial charge on any atom is 0.263 e. The van der Waals surface area contributed by atoms with E-state index in [9.17, 15) is 8.78 Å². The Balaban J connectivity index is 0.00000196. The second kappa shape index (κ2) is 6.99. The van der Waals surface area contributed by atoms with E-state index in [1.807, 2.05) is 0 Å². The van der Waals surface area contributed by atoms with E-state index in [0.717, 1.165) is 5.56 Å². The topological polar surface area (TPSA) is 26.0 Å². The van der Waals surface area contributed by atoms with Crippen LogP contribution < -0.4 is 5.73 Å². The molecule has 1 atom stereocenters. The quantitative estimate of drug-likeness (QED) is 0.823. The smallest absolute Gasteiger partial charge is 0.263 e. The molecule has 0 fully saturated rings. The highest BCUT2D eigenvalue weighted by Crippen LogP contribution is 2.19. The number of halogens is 4. The molecule has 0 aliphatic carbocycles. The Hall–Kier alpha value is -0.380. The second-order valence-electron chi connectivity index (χ2n) is 3.16. The van der Waals surface area contributed by atoms with Gasteiger partial charge in [0.2, 0.25) is 0 Å². The highest BCUT2D eigenvalue weighted by atomic mass is 35.5. The maximum atomic E-state index is 12.2. The molecule has 0 saturated carbocycles. The molecular formula is C10H13Cl2F2N. The lowest BCUT2D eigenvalue weighted by Gasteiger charge is -2.08. The highest BCUT2D eigenvalue weighted by Gasteiger charge is 2.07. The molecule has 0 saturated heterocycles. The molecule has 0 bridgehead atoms. The molecule has 0 heterocycles. The van der Waals surface area contributed by atoms with Gasteiger partial charge >= 0.3 is 0 Å². The molecule has 15 heavy (non-hydrogen) atoms. The predicted octanol–water partition coefficient (Wildman–Crippen LogP) is 3.15. The first-order valence-corrected chi connectivity index (χ1v) is 4.85. The Kier molecular flexibility index (Phi) is 6.81. The fraction of sp³-hybridized carbons (Fsp3) is 0.400. The van der Waals surface area contributed by atoms with Crippen LogP contribution in [-0.2, 0) is 6.42 Å². The molecule has 86 valence electrons. The minimum atomic E-state index is -2.41. The van der Waals surface area contributed by atoms with Gasteiger partial charge in [0, 0.05) is 17.5 Å². The molecule has 1 aromatic carbocycles. The molecule has 1 unspecified atom stereocenters. The summed E-state index contributed by atoms with van der Waals surface area (Å²) in [7, 11) is 0. The summed E-state index contributed by atoms with van der Waals surface area (Å²) in [5, 5.41) is 0. The van der Waals surface area contributed by atoms with Gasteiger partial charge in [0.15, 0.2) is 0 Å². The normalized spacial score (nSPS) is 12.3. The Morgan fingerprint density at radius 3 is 2.13 bits per heavy atom. The zero-order chi connectivity index (χ0) is 10.6. The minimum Gasteiger partial charge on any atom is -0.326 e. The third kappa shape index (κ3) is 4.78. The van der Waals surface area contributed by atoms with E-state index >= 15 is 0 Å². The molecule has 5 heteroatoms. The van der Waals surface area contributed by atoms with Gasteiger partial charge in [-0.1, -0.05) is 24.3 Å². The molecule has 1 rings (SSSR count). The summed E-state index contributed by atoms with van der Waals surface area (Å²) >= 11 is 5.54. The van der Waals surface area contributed by atoms with Crippen molar-refractivity contribution in [3.05, 3.63) is 35.4 Å². The van der Waals surface area contributed by atoms with E-state index in [4.69, 9.17) is 17.3 Å². The highest BCUT2D eigenvalue weighted by molar-refractivity contribution is 6.18. The minimum absolute atomic E-state index is 0. The van der Waals surface area contributed by atoms with Crippen molar-refractivity contribution in [1.82, 2.24) is 0 Å². The number of rotatable bonds is 4. The molecule has 2 N–H and O–H groups in total. The maximum absolute atomic E-state index is 12.2. The van der Waals surface area contributed by atoms with Gasteiger partial charge in [0.1, 0.15) is 0 Å². The molecule has 0 spiro atoms. The van der Waals surface area contributed by atoms with Crippen molar-refractivity contribution in [3.8, 4) is 0 Å². The van der Waals surface area contributed by atoms with Crippen LogP contribution >= 0.6 is 24.0 Å². The van der Waals surface area contributed by atoms with Crippen molar-refractivity contribution < 1.29 is 8.78 Å². The first-order valence-electron chi connectivity index (χ1n) is 4.32. The average molecular weight is 256 g/mol. The van der Waals surface area contributed by atoms with E-state index in [2.05, 4.69) is 0 Å². The van der Waals surface area contributed by atoms with Crippen LogP contribution in [0, 0.1) is 0 Å². The Morgan fingerprint density at radius 1 is 1.20 bits per heavy atom. The van der Waals surface area contributed by atoms with Crippen LogP contribution in [0.15, 0.2) is 24.3 Å². The van der Waals surface area contributed by atoms with Crippen molar-refractivity contribution in [3.63, 3.8) is 0 Å². The number of hydrogen-bond acceptors (Lipinski definition) is 1. The molecule has 1 nitrogen and oxygen atoms in total. The van der Waals surface area contributed by atoms with Crippen LogP contribution in [0.3, 0.4) is 0 Å². The van der Waals surface area contributed by atoms with Crippen LogP contribution in [0.4, 0.5) is 8.78 Å². The van der Waals surface area contributed by atoms with Crippen molar-refractivity contribution in [1.29, 1.82) is 0 Å². The van der Waals surface area contributed by atoms with Gasteiger partial charge in [-0.2, -0.15) is 0 Å². The van der Waals surface area contributed by atoms with Crippen LogP contribution in [-0.4, -0.2) is 11.9 Å². The molecule has 0 aliphatic rings. The van der Waals surface area contributed by atoms with Crippen LogP contribution in [0.25, 0.3) is 0 Å². The fourth-order valence-electron chi connectivity index (χ4n) is 1.16. The molecule has 0 radical (unpaired) electrons. The summed E-state index contributed by atoms with van der Waals surface area (Å²) in [5.74, 6) is 0.372. The summed E-state index contributed by atoms with van der Waals surface area (Å²) in [5.41, 5.74) is 6.59. The third-order valence-corrected chi connectivity index (χ3v) is 2.32. The van der Waals surface area contributed by atoms with Gasteiger partial charge < -0.3 is 5.73 Å². The van der Waals surface area contributed by atoms with E-state index < -0.39 is 6.43 Å². The number of alkyl halides is 3. The van der Waals surface area contributed by atoms with Gasteiger partial charge in [-0.05, 0) is 12.0 Å². The van der Waals surface area contributed by atoms with Crippen molar-refractivity contribution >= 4 is 24.0 Å². The Bertz CT molecular complexity index is 277. The molecule has 1 aromatic rings. The summed E-state index contributed by atoms with van der Waals surface area (Å²) in [4.78, 5) is 0. The fourth-order valence-corrected chi connectivity index (χ4v) is 1.27. The van der Waals surface area contributed by atoms with E-state index in [0.29, 0.717) is 12.3 Å². The van der Waals surface area contributed by atoms with Crippen molar-refractivity contribution in [2.45, 2.75) is 18.9 Å². The number of hydrogen-bond donors (Lipinski definition) is 1. The zero-order valence-corrected chi connectivity index (χ0v) is 9.57. The SMILES string of the molecule is Cl.NC(CCl)Cc1ccc(C(F)F)cc1. The Labute approximate surface area is 99.0 Å². The van der Waals surface area contributed by atoms with Gasteiger partial charge in [0.25, 0.3) is 6.43 Å². The van der Waals surface area contributed by atoms with Crippen LogP contribution in [0.5, 0.6) is 0 Å². The third-order valence-electron chi connectivity index (χ3n) is 1.93. The molecule has 0 aliphatic heterocycles. The first-order chi connectivity index (χ1) is 6.63. The summed E-state index contributed by atoms with van der Waals surface area (Å²) < 4.78 is 24.4. The summed E-state index contributed by atoms with van der Waals surface area (Å²) in [6.07, 6.45) is -1.79. The van der Waals surface area contributed by atoms with Gasteiger partial charge in [0.05, 0.1) is 0 Å². The lowest BCUT2D eigenvalue weighted by molar-refractivity contribution is 0.151. The van der Waals surface area contributed by atoms with Crippen LogP contribution in [0.1, 0.15) is 17.6 Å². The van der Waals surface area contributed by atoms with Gasteiger partial charge in [-0.15, -0.1) is 24.0 Å². The van der Waals surface area contributed by atoms with Crippen LogP contribution in [0.2, 0.25) is 0 Å². The lowest BCUT2D eigenvalue weighted by Crippen LogP contribution is -2.24. The molecular weight excluding hydrogens is 243 g/mol. The Morgan fingerprint density at radius 2 is 1.73 bits per heavy atom. The monoisotopic (exact) mass is 255 g/mol. The van der Waals surface area contributed by atoms with E-state index in [-0.39, 0.29) is 24.0 Å². The van der Waals surface area contributed by atoms with Crippen molar-refractivity contribution in [2.24, 2.45) is 5.73 Å². The lowest BCUT2D eigenvalue weighted by atomic mass is 10.1.